The number of halogens is 3. The van der Waals surface area contributed by atoms with Gasteiger partial charge < -0.3 is 29.6 Å². The molecule has 0 saturated heterocycles. The lowest BCUT2D eigenvalue weighted by Crippen LogP contribution is -2.23. The van der Waals surface area contributed by atoms with Gasteiger partial charge in [-0.3, -0.25) is 4.79 Å². The lowest BCUT2D eigenvalue weighted by Gasteiger charge is -2.25. The summed E-state index contributed by atoms with van der Waals surface area (Å²) in [6.07, 6.45) is -3.42. The van der Waals surface area contributed by atoms with Crippen LogP contribution in [0.25, 0.3) is 10.9 Å². The fourth-order valence-electron chi connectivity index (χ4n) is 4.41. The highest BCUT2D eigenvalue weighted by Gasteiger charge is 2.35. The maximum Gasteiger partial charge on any atom is 0.419 e. The quantitative estimate of drug-likeness (QED) is 0.453. The van der Waals surface area contributed by atoms with E-state index in [2.05, 4.69) is 0 Å². The van der Waals surface area contributed by atoms with Gasteiger partial charge in [-0.2, -0.15) is 13.2 Å². The number of ether oxygens (including phenoxy) is 3. The molecular weight excluding hydrogens is 465 g/mol. The first-order chi connectivity index (χ1) is 16.7. The summed E-state index contributed by atoms with van der Waals surface area (Å²) in [5, 5.41) is 9.87. The van der Waals surface area contributed by atoms with Crippen LogP contribution in [0.2, 0.25) is 0 Å². The summed E-state index contributed by atoms with van der Waals surface area (Å²) in [6, 6.07) is 9.20. The maximum atomic E-state index is 13.6. The van der Waals surface area contributed by atoms with Crippen LogP contribution in [0.4, 0.5) is 18.9 Å². The molecule has 1 atom stereocenters. The Morgan fingerprint density at radius 3 is 2.69 bits per heavy atom. The Hall–Kier alpha value is -3.40. The van der Waals surface area contributed by atoms with E-state index < -0.39 is 23.8 Å². The Morgan fingerprint density at radius 1 is 1.17 bits per heavy atom. The molecule has 5 rings (SSSR count). The van der Waals surface area contributed by atoms with Crippen LogP contribution in [0.1, 0.15) is 42.2 Å². The Bertz CT molecular complexity index is 1270. The van der Waals surface area contributed by atoms with Gasteiger partial charge in [0.1, 0.15) is 24.2 Å². The third-order valence-electron chi connectivity index (χ3n) is 6.34. The standard InChI is InChI=1S/C25H25F3N2O5/c26-25(27,28)18-9-15(3-6-20(18)35-12-14-1-2-14)13-34-16-4-5-19-17(10-16)23(29)24-21(11-22(31)32)33-8-7-30(19)24/h3-6,9-10,14,21H,1-2,7-8,11-13,29H2,(H,31,32). The number of anilines is 1. The Kier molecular flexibility index (Phi) is 6.00. The van der Waals surface area contributed by atoms with E-state index in [4.69, 9.17) is 19.9 Å². The molecule has 1 aromatic heterocycles. The zero-order chi connectivity index (χ0) is 24.7. The fourth-order valence-corrected chi connectivity index (χ4v) is 4.41. The zero-order valence-corrected chi connectivity index (χ0v) is 18.8. The topological polar surface area (TPSA) is 95.9 Å². The highest BCUT2D eigenvalue weighted by Crippen LogP contribution is 2.40. The maximum absolute atomic E-state index is 13.6. The summed E-state index contributed by atoms with van der Waals surface area (Å²) in [5.74, 6) is -0.378. The van der Waals surface area contributed by atoms with Gasteiger partial charge in [-0.05, 0) is 54.7 Å². The molecule has 186 valence electrons. The number of aromatic nitrogens is 1. The van der Waals surface area contributed by atoms with Crippen molar-refractivity contribution in [2.45, 2.75) is 44.7 Å². The largest absolute Gasteiger partial charge is 0.493 e. The number of nitrogen functional groups attached to an aromatic ring is 1. The number of carboxylic acid groups (broad SMARTS) is 1. The van der Waals surface area contributed by atoms with E-state index in [1.54, 1.807) is 18.2 Å². The molecule has 1 saturated carbocycles. The average molecular weight is 490 g/mol. The number of nitrogens with two attached hydrogens (primary N) is 1. The van der Waals surface area contributed by atoms with Crippen molar-refractivity contribution < 1.29 is 37.3 Å². The van der Waals surface area contributed by atoms with Crippen LogP contribution < -0.4 is 15.2 Å². The molecule has 1 fully saturated rings. The number of nitrogens with zero attached hydrogens (tertiary/aromatic N) is 1. The van der Waals surface area contributed by atoms with Gasteiger partial charge in [0.05, 0.1) is 42.1 Å². The first-order valence-corrected chi connectivity index (χ1v) is 11.4. The molecule has 0 radical (unpaired) electrons. The normalized spacial score (nSPS) is 17.9. The molecule has 1 unspecified atom stereocenters. The van der Waals surface area contributed by atoms with Crippen LogP contribution in [-0.2, 0) is 28.9 Å². The number of hydrogen-bond donors (Lipinski definition) is 2. The number of hydrogen-bond acceptors (Lipinski definition) is 5. The van der Waals surface area contributed by atoms with Crippen molar-refractivity contribution in [2.24, 2.45) is 5.92 Å². The summed E-state index contributed by atoms with van der Waals surface area (Å²) in [6.45, 7) is 1.12. The predicted octanol–water partition coefficient (Wildman–Crippen LogP) is 5.16. The van der Waals surface area contributed by atoms with Crippen molar-refractivity contribution in [3.05, 3.63) is 53.2 Å². The lowest BCUT2D eigenvalue weighted by molar-refractivity contribution is -0.141. The third kappa shape index (κ3) is 4.88. The average Bonchev–Trinajstić information content (AvgIpc) is 3.60. The second kappa shape index (κ2) is 8.99. The van der Waals surface area contributed by atoms with Gasteiger partial charge in [0, 0.05) is 11.9 Å². The minimum Gasteiger partial charge on any atom is -0.493 e. The second-order valence-electron chi connectivity index (χ2n) is 8.96. The van der Waals surface area contributed by atoms with Gasteiger partial charge in [0.25, 0.3) is 0 Å². The molecule has 2 aliphatic rings. The molecule has 0 bridgehead atoms. The van der Waals surface area contributed by atoms with Crippen LogP contribution in [0, 0.1) is 5.92 Å². The summed E-state index contributed by atoms with van der Waals surface area (Å²) >= 11 is 0. The Morgan fingerprint density at radius 2 is 1.97 bits per heavy atom. The number of carboxylic acids is 1. The molecule has 1 aliphatic heterocycles. The third-order valence-corrected chi connectivity index (χ3v) is 6.34. The molecule has 0 spiro atoms. The van der Waals surface area contributed by atoms with Crippen LogP contribution in [0.15, 0.2) is 36.4 Å². The van der Waals surface area contributed by atoms with Gasteiger partial charge in [-0.15, -0.1) is 0 Å². The second-order valence-corrected chi connectivity index (χ2v) is 8.96. The van der Waals surface area contributed by atoms with Gasteiger partial charge >= 0.3 is 12.1 Å². The van der Waals surface area contributed by atoms with E-state index in [1.807, 2.05) is 10.6 Å². The van der Waals surface area contributed by atoms with Crippen molar-refractivity contribution >= 4 is 22.6 Å². The first-order valence-electron chi connectivity index (χ1n) is 11.4. The van der Waals surface area contributed by atoms with Crippen molar-refractivity contribution in [1.82, 2.24) is 4.57 Å². The van der Waals surface area contributed by atoms with Gasteiger partial charge in [0.2, 0.25) is 0 Å². The molecule has 0 amide bonds. The first kappa shape index (κ1) is 23.3. The minimum absolute atomic E-state index is 0.0737. The number of rotatable bonds is 8. The molecule has 10 heteroatoms. The Labute approximate surface area is 199 Å². The summed E-state index contributed by atoms with van der Waals surface area (Å²) in [7, 11) is 0. The van der Waals surface area contributed by atoms with E-state index in [0.29, 0.717) is 53.8 Å². The molecule has 35 heavy (non-hydrogen) atoms. The number of alkyl halides is 3. The van der Waals surface area contributed by atoms with Gasteiger partial charge in [0.15, 0.2) is 0 Å². The van der Waals surface area contributed by atoms with Crippen LogP contribution in [0.3, 0.4) is 0 Å². The van der Waals surface area contributed by atoms with Crippen LogP contribution in [-0.4, -0.2) is 28.9 Å². The van der Waals surface area contributed by atoms with Gasteiger partial charge in [-0.1, -0.05) is 6.07 Å². The number of fused-ring (bicyclic) bond motifs is 3. The van der Waals surface area contributed by atoms with E-state index in [9.17, 15) is 23.1 Å². The molecule has 3 N–H and O–H groups in total. The van der Waals surface area contributed by atoms with E-state index in [1.165, 1.54) is 6.07 Å². The molecular formula is C25H25F3N2O5. The molecule has 3 aromatic rings. The van der Waals surface area contributed by atoms with Crippen molar-refractivity contribution in [1.29, 1.82) is 0 Å². The van der Waals surface area contributed by atoms with Gasteiger partial charge in [-0.25, -0.2) is 0 Å². The zero-order valence-electron chi connectivity index (χ0n) is 18.8. The number of carbonyl (C=O) groups is 1. The predicted molar refractivity (Wildman–Crippen MR) is 121 cm³/mol. The smallest absolute Gasteiger partial charge is 0.419 e. The van der Waals surface area contributed by atoms with E-state index >= 15 is 0 Å². The summed E-state index contributed by atoms with van der Waals surface area (Å²) in [4.78, 5) is 11.2. The number of benzene rings is 2. The van der Waals surface area contributed by atoms with Crippen LogP contribution >= 0.6 is 0 Å². The molecule has 2 heterocycles. The lowest BCUT2D eigenvalue weighted by atomic mass is 10.1. The van der Waals surface area contributed by atoms with Crippen molar-refractivity contribution in [3.63, 3.8) is 0 Å². The summed E-state index contributed by atoms with van der Waals surface area (Å²) in [5.41, 5.74) is 7.74. The Balaban J connectivity index is 1.36. The van der Waals surface area contributed by atoms with E-state index in [0.717, 1.165) is 24.4 Å². The highest BCUT2D eigenvalue weighted by molar-refractivity contribution is 5.95. The van der Waals surface area contributed by atoms with Crippen molar-refractivity contribution in [3.8, 4) is 11.5 Å². The summed E-state index contributed by atoms with van der Waals surface area (Å²) < 4.78 is 59.6. The van der Waals surface area contributed by atoms with Crippen LogP contribution in [0.5, 0.6) is 11.5 Å². The number of aliphatic carboxylic acids is 1. The molecule has 7 nitrogen and oxygen atoms in total. The highest BCUT2D eigenvalue weighted by atomic mass is 19.4. The SMILES string of the molecule is Nc1c2n(c3ccc(OCc4ccc(OCC5CC5)c(C(F)(F)F)c4)cc13)CCOC2CC(=O)O. The monoisotopic (exact) mass is 490 g/mol. The fraction of sp³-hybridized carbons (Fsp3) is 0.400. The minimum atomic E-state index is -4.54. The molecule has 2 aromatic carbocycles. The van der Waals surface area contributed by atoms with Crippen molar-refractivity contribution in [2.75, 3.05) is 18.9 Å². The van der Waals surface area contributed by atoms with E-state index in [-0.39, 0.29) is 18.8 Å². The molecule has 1 aliphatic carbocycles.